The van der Waals surface area contributed by atoms with Crippen molar-refractivity contribution in [3.05, 3.63) is 40.3 Å². The number of rotatable bonds is 6. The molecule has 2 fully saturated rings. The number of thiol groups is 1. The molecular weight excluding hydrogens is 384 g/mol. The number of thioether (sulfide) groups is 1. The first-order valence-electron chi connectivity index (χ1n) is 9.09. The molecule has 0 aromatic heterocycles. The molecule has 8 heteroatoms. The van der Waals surface area contributed by atoms with Gasteiger partial charge in [-0.25, -0.2) is 13.1 Å². The van der Waals surface area contributed by atoms with Crippen LogP contribution < -0.4 is 4.72 Å². The van der Waals surface area contributed by atoms with E-state index in [2.05, 4.69) is 11.6 Å². The fourth-order valence-electron chi connectivity index (χ4n) is 3.62. The summed E-state index contributed by atoms with van der Waals surface area (Å²) >= 11 is 0.988. The minimum absolute atomic E-state index is 0.0246. The minimum atomic E-state index is -2.62. The summed E-state index contributed by atoms with van der Waals surface area (Å²) in [6.07, 6.45) is 7.37. The molecule has 146 valence electrons. The lowest BCUT2D eigenvalue weighted by molar-refractivity contribution is -0.124. The Kier molecular flexibility index (Phi) is 6.39. The Labute approximate surface area is 165 Å². The summed E-state index contributed by atoms with van der Waals surface area (Å²) in [5.41, 5.74) is 1.65. The van der Waals surface area contributed by atoms with Crippen LogP contribution in [0.5, 0.6) is 0 Å². The first-order valence-corrected chi connectivity index (χ1v) is 11.1. The van der Waals surface area contributed by atoms with E-state index in [4.69, 9.17) is 0 Å². The van der Waals surface area contributed by atoms with E-state index >= 15 is 0 Å². The highest BCUT2D eigenvalue weighted by Crippen LogP contribution is 2.40. The van der Waals surface area contributed by atoms with E-state index < -0.39 is 10.9 Å². The summed E-state index contributed by atoms with van der Waals surface area (Å²) in [5.74, 6) is -0.217. The van der Waals surface area contributed by atoms with Gasteiger partial charge in [0.1, 0.15) is 0 Å². The van der Waals surface area contributed by atoms with E-state index in [1.165, 1.54) is 11.3 Å². The van der Waals surface area contributed by atoms with Crippen LogP contribution in [0, 0.1) is 5.41 Å². The molecule has 1 aromatic carbocycles. The standard InChI is InChI=1S/C19H24N2O4S2/c1-19(9-3-2-4-10-19)13-21-17(22)16(26-18(21)23)11-14-5-7-15(8-6-14)12-20-27(24)25/h5-8,11,27H,2-4,9-10,12-13H2,1H3,(H,20,24,25). The lowest BCUT2D eigenvalue weighted by Gasteiger charge is -2.35. The van der Waals surface area contributed by atoms with Crippen LogP contribution in [0.2, 0.25) is 0 Å². The highest BCUT2D eigenvalue weighted by atomic mass is 32.2. The average Bonchev–Trinajstić information content (AvgIpc) is 2.89. The van der Waals surface area contributed by atoms with Gasteiger partial charge in [-0.15, -0.1) is 0 Å². The minimum Gasteiger partial charge on any atom is -0.268 e. The zero-order valence-electron chi connectivity index (χ0n) is 15.3. The maximum absolute atomic E-state index is 12.7. The van der Waals surface area contributed by atoms with E-state index in [9.17, 15) is 18.0 Å². The number of hydrogen-bond donors (Lipinski definition) is 2. The van der Waals surface area contributed by atoms with Gasteiger partial charge in [0, 0.05) is 13.1 Å². The van der Waals surface area contributed by atoms with Crippen LogP contribution in [0.15, 0.2) is 29.2 Å². The maximum Gasteiger partial charge on any atom is 0.293 e. The van der Waals surface area contributed by atoms with E-state index in [0.29, 0.717) is 11.4 Å². The third kappa shape index (κ3) is 5.21. The zero-order chi connectivity index (χ0) is 19.4. The second kappa shape index (κ2) is 8.58. The predicted molar refractivity (Wildman–Crippen MR) is 107 cm³/mol. The molecule has 0 unspecified atom stereocenters. The van der Waals surface area contributed by atoms with Gasteiger partial charge in [-0.3, -0.25) is 14.5 Å². The Hall–Kier alpha value is -1.64. The van der Waals surface area contributed by atoms with Crippen LogP contribution in [0.3, 0.4) is 0 Å². The second-order valence-electron chi connectivity index (χ2n) is 7.47. The third-order valence-electron chi connectivity index (χ3n) is 5.16. The predicted octanol–water partition coefficient (Wildman–Crippen LogP) is 3.31. The Balaban J connectivity index is 1.68. The molecule has 1 aromatic rings. The van der Waals surface area contributed by atoms with Crippen molar-refractivity contribution in [2.75, 3.05) is 6.54 Å². The van der Waals surface area contributed by atoms with Crippen LogP contribution in [-0.4, -0.2) is 31.0 Å². The van der Waals surface area contributed by atoms with Crippen LogP contribution in [0.25, 0.3) is 6.08 Å². The summed E-state index contributed by atoms with van der Waals surface area (Å²) < 4.78 is 23.5. The van der Waals surface area contributed by atoms with E-state index in [-0.39, 0.29) is 23.1 Å². The highest BCUT2D eigenvalue weighted by Gasteiger charge is 2.40. The van der Waals surface area contributed by atoms with Crippen LogP contribution in [-0.2, 0) is 22.2 Å². The van der Waals surface area contributed by atoms with Gasteiger partial charge in [-0.05, 0) is 47.2 Å². The molecule has 0 radical (unpaired) electrons. The molecule has 27 heavy (non-hydrogen) atoms. The van der Waals surface area contributed by atoms with Crippen LogP contribution >= 0.6 is 11.8 Å². The number of benzene rings is 1. The Morgan fingerprint density at radius 3 is 2.44 bits per heavy atom. The van der Waals surface area contributed by atoms with Crippen molar-refractivity contribution in [1.82, 2.24) is 9.62 Å². The molecule has 6 nitrogen and oxygen atoms in total. The largest absolute Gasteiger partial charge is 0.293 e. The first-order chi connectivity index (χ1) is 12.9. The van der Waals surface area contributed by atoms with Gasteiger partial charge >= 0.3 is 0 Å². The highest BCUT2D eigenvalue weighted by molar-refractivity contribution is 8.18. The maximum atomic E-state index is 12.7. The van der Waals surface area contributed by atoms with Crippen LogP contribution in [0.4, 0.5) is 4.79 Å². The Morgan fingerprint density at radius 1 is 1.15 bits per heavy atom. The number of carbonyl (C=O) groups is 2. The van der Waals surface area contributed by atoms with E-state index in [0.717, 1.165) is 48.6 Å². The van der Waals surface area contributed by atoms with E-state index in [1.54, 1.807) is 18.2 Å². The van der Waals surface area contributed by atoms with Crippen molar-refractivity contribution >= 4 is 39.9 Å². The number of nitrogens with zero attached hydrogens (tertiary/aromatic N) is 1. The van der Waals surface area contributed by atoms with Crippen molar-refractivity contribution in [2.24, 2.45) is 5.41 Å². The fourth-order valence-corrected chi connectivity index (χ4v) is 4.77. The normalized spacial score (nSPS) is 21.4. The van der Waals surface area contributed by atoms with Gasteiger partial charge in [-0.1, -0.05) is 50.5 Å². The van der Waals surface area contributed by atoms with Gasteiger partial charge in [0.2, 0.25) is 10.9 Å². The molecule has 1 N–H and O–H groups in total. The zero-order valence-corrected chi connectivity index (χ0v) is 17.0. The quantitative estimate of drug-likeness (QED) is 0.557. The SMILES string of the molecule is CC1(CN2C(=O)SC(=Cc3ccc(CN[SH](=O)=O)cc3)C2=O)CCCCC1. The second-order valence-corrected chi connectivity index (χ2v) is 9.30. The third-order valence-corrected chi connectivity index (χ3v) is 6.49. The molecule has 0 atom stereocenters. The van der Waals surface area contributed by atoms with Crippen molar-refractivity contribution in [3.63, 3.8) is 0 Å². The van der Waals surface area contributed by atoms with Crippen molar-refractivity contribution in [3.8, 4) is 0 Å². The van der Waals surface area contributed by atoms with Gasteiger partial charge in [0.05, 0.1) is 4.91 Å². The Morgan fingerprint density at radius 2 is 1.81 bits per heavy atom. The summed E-state index contributed by atoms with van der Waals surface area (Å²) in [6, 6.07) is 7.21. The smallest absolute Gasteiger partial charge is 0.268 e. The Bertz CT molecular complexity index is 817. The summed E-state index contributed by atoms with van der Waals surface area (Å²) in [5, 5.41) is -0.196. The molecule has 2 amide bonds. The molecule has 1 heterocycles. The topological polar surface area (TPSA) is 83.6 Å². The summed E-state index contributed by atoms with van der Waals surface area (Å²) in [6.45, 7) is 2.89. The first kappa shape index (κ1) is 20.1. The molecule has 1 saturated carbocycles. The molecule has 2 aliphatic rings. The van der Waals surface area contributed by atoms with Crippen LogP contribution in [0.1, 0.15) is 50.2 Å². The molecular formula is C19H24N2O4S2. The summed E-state index contributed by atoms with van der Waals surface area (Å²) in [7, 11) is -2.62. The molecule has 1 aliphatic carbocycles. The molecule has 3 rings (SSSR count). The number of hydrogen-bond acceptors (Lipinski definition) is 5. The number of imide groups is 1. The number of amides is 2. The van der Waals surface area contributed by atoms with Crippen molar-refractivity contribution in [2.45, 2.75) is 45.6 Å². The lowest BCUT2D eigenvalue weighted by atomic mass is 9.75. The lowest BCUT2D eigenvalue weighted by Crippen LogP contribution is -2.39. The fraction of sp³-hybridized carbons (Fsp3) is 0.474. The number of carbonyl (C=O) groups excluding carboxylic acids is 2. The van der Waals surface area contributed by atoms with Crippen molar-refractivity contribution < 1.29 is 18.0 Å². The van der Waals surface area contributed by atoms with Gasteiger partial charge < -0.3 is 0 Å². The van der Waals surface area contributed by atoms with E-state index in [1.807, 2.05) is 12.1 Å². The number of nitrogens with one attached hydrogen (secondary N) is 1. The average molecular weight is 409 g/mol. The molecule has 1 saturated heterocycles. The van der Waals surface area contributed by atoms with Crippen molar-refractivity contribution in [1.29, 1.82) is 0 Å². The molecule has 1 aliphatic heterocycles. The van der Waals surface area contributed by atoms with Gasteiger partial charge in [0.25, 0.3) is 11.1 Å². The van der Waals surface area contributed by atoms with Gasteiger partial charge in [-0.2, -0.15) is 0 Å². The molecule has 0 spiro atoms. The monoisotopic (exact) mass is 408 g/mol. The van der Waals surface area contributed by atoms with Gasteiger partial charge in [0.15, 0.2) is 0 Å². The molecule has 0 bridgehead atoms. The summed E-state index contributed by atoms with van der Waals surface area (Å²) in [4.78, 5) is 26.9.